The molecule has 0 aliphatic carbocycles. The van der Waals surface area contributed by atoms with Crippen LogP contribution < -0.4 is 0 Å². The van der Waals surface area contributed by atoms with Crippen molar-refractivity contribution >= 4 is 0 Å². The third kappa shape index (κ3) is 3.24. The van der Waals surface area contributed by atoms with E-state index in [1.54, 1.807) is 7.11 Å². The van der Waals surface area contributed by atoms with E-state index >= 15 is 0 Å². The quantitative estimate of drug-likeness (QED) is 0.597. The van der Waals surface area contributed by atoms with E-state index in [9.17, 15) is 0 Å². The van der Waals surface area contributed by atoms with Crippen LogP contribution in [-0.2, 0) is 4.74 Å². The maximum absolute atomic E-state index is 5.18. The minimum Gasteiger partial charge on any atom is -0.384 e. The molecular formula is C10H22O. The van der Waals surface area contributed by atoms with Gasteiger partial charge in [0.25, 0.3) is 0 Å². The van der Waals surface area contributed by atoms with Crippen molar-refractivity contribution in [1.29, 1.82) is 0 Å². The van der Waals surface area contributed by atoms with Crippen molar-refractivity contribution in [2.45, 2.75) is 40.5 Å². The Morgan fingerprint density at radius 2 is 1.82 bits per heavy atom. The Kier molecular flexibility index (Phi) is 4.74. The van der Waals surface area contributed by atoms with Gasteiger partial charge in [-0.25, -0.2) is 0 Å². The van der Waals surface area contributed by atoms with E-state index in [1.165, 1.54) is 12.8 Å². The van der Waals surface area contributed by atoms with E-state index in [4.69, 9.17) is 4.74 Å². The molecule has 1 atom stereocenters. The molecule has 0 unspecified atom stereocenters. The van der Waals surface area contributed by atoms with Crippen LogP contribution in [0.1, 0.15) is 40.5 Å². The molecule has 0 N–H and O–H groups in total. The molecular weight excluding hydrogens is 136 g/mol. The van der Waals surface area contributed by atoms with Crippen LogP contribution in [0.15, 0.2) is 0 Å². The van der Waals surface area contributed by atoms with Gasteiger partial charge in [-0.1, -0.05) is 40.5 Å². The van der Waals surface area contributed by atoms with Gasteiger partial charge in [-0.2, -0.15) is 0 Å². The fourth-order valence-corrected chi connectivity index (χ4v) is 1.39. The molecule has 1 heteroatoms. The first kappa shape index (κ1) is 11.0. The topological polar surface area (TPSA) is 9.23 Å². The highest BCUT2D eigenvalue weighted by Gasteiger charge is 2.25. The van der Waals surface area contributed by atoms with Crippen molar-refractivity contribution in [3.63, 3.8) is 0 Å². The van der Waals surface area contributed by atoms with Crippen molar-refractivity contribution in [3.8, 4) is 0 Å². The van der Waals surface area contributed by atoms with E-state index in [0.717, 1.165) is 6.61 Å². The Hall–Kier alpha value is -0.0400. The average molecular weight is 158 g/mol. The van der Waals surface area contributed by atoms with E-state index in [-0.39, 0.29) is 0 Å². The van der Waals surface area contributed by atoms with E-state index in [1.807, 2.05) is 0 Å². The largest absolute Gasteiger partial charge is 0.384 e. The first-order valence-electron chi connectivity index (χ1n) is 4.57. The molecule has 0 aromatic heterocycles. The minimum atomic E-state index is 0.435. The van der Waals surface area contributed by atoms with Crippen molar-refractivity contribution in [3.05, 3.63) is 0 Å². The first-order chi connectivity index (χ1) is 5.08. The molecule has 0 bridgehead atoms. The van der Waals surface area contributed by atoms with E-state index < -0.39 is 0 Å². The molecule has 1 nitrogen and oxygen atoms in total. The summed E-state index contributed by atoms with van der Waals surface area (Å²) >= 11 is 0. The van der Waals surface area contributed by atoms with Crippen LogP contribution >= 0.6 is 0 Å². The summed E-state index contributed by atoms with van der Waals surface area (Å²) < 4.78 is 5.18. The molecule has 0 saturated carbocycles. The van der Waals surface area contributed by atoms with Gasteiger partial charge < -0.3 is 4.74 Å². The molecule has 0 heterocycles. The summed E-state index contributed by atoms with van der Waals surface area (Å²) in [7, 11) is 1.79. The zero-order valence-corrected chi connectivity index (χ0v) is 8.61. The predicted octanol–water partition coefficient (Wildman–Crippen LogP) is 3.10. The van der Waals surface area contributed by atoms with Crippen molar-refractivity contribution in [2.24, 2.45) is 11.3 Å². The Morgan fingerprint density at radius 1 is 1.27 bits per heavy atom. The molecule has 11 heavy (non-hydrogen) atoms. The molecule has 0 aromatic rings. The second-order valence-electron chi connectivity index (χ2n) is 3.90. The normalized spacial score (nSPS) is 15.0. The Labute approximate surface area is 71.1 Å². The van der Waals surface area contributed by atoms with Gasteiger partial charge in [0, 0.05) is 13.7 Å². The monoisotopic (exact) mass is 158 g/mol. The van der Waals surface area contributed by atoms with Crippen molar-refractivity contribution in [1.82, 2.24) is 0 Å². The highest BCUT2D eigenvalue weighted by atomic mass is 16.5. The van der Waals surface area contributed by atoms with Crippen LogP contribution in [0.5, 0.6) is 0 Å². The summed E-state index contributed by atoms with van der Waals surface area (Å²) in [5.74, 6) is 0.706. The van der Waals surface area contributed by atoms with Gasteiger partial charge in [0.2, 0.25) is 0 Å². The van der Waals surface area contributed by atoms with Gasteiger partial charge in [-0.15, -0.1) is 0 Å². The number of ether oxygens (including phenoxy) is 1. The second kappa shape index (κ2) is 4.76. The molecule has 0 rings (SSSR count). The molecule has 0 fully saturated rings. The number of hydrogen-bond donors (Lipinski definition) is 0. The van der Waals surface area contributed by atoms with E-state index in [2.05, 4.69) is 27.7 Å². The smallest absolute Gasteiger partial charge is 0.0495 e. The summed E-state index contributed by atoms with van der Waals surface area (Å²) in [6.07, 6.45) is 2.45. The van der Waals surface area contributed by atoms with Crippen LogP contribution in [0, 0.1) is 11.3 Å². The van der Waals surface area contributed by atoms with Crippen LogP contribution in [0.4, 0.5) is 0 Å². The van der Waals surface area contributed by atoms with Crippen molar-refractivity contribution < 1.29 is 4.74 Å². The maximum atomic E-state index is 5.18. The molecule has 68 valence electrons. The summed E-state index contributed by atoms with van der Waals surface area (Å²) in [6, 6.07) is 0. The molecule has 0 spiro atoms. The van der Waals surface area contributed by atoms with Crippen molar-refractivity contribution in [2.75, 3.05) is 13.7 Å². The number of rotatable bonds is 5. The number of methoxy groups -OCH3 is 1. The lowest BCUT2D eigenvalue weighted by Crippen LogP contribution is -2.26. The predicted molar refractivity (Wildman–Crippen MR) is 49.7 cm³/mol. The highest BCUT2D eigenvalue weighted by Crippen LogP contribution is 2.32. The summed E-state index contributed by atoms with van der Waals surface area (Å²) in [5.41, 5.74) is 0.435. The molecule has 0 aromatic carbocycles. The fourth-order valence-electron chi connectivity index (χ4n) is 1.39. The molecule has 0 saturated heterocycles. The maximum Gasteiger partial charge on any atom is 0.0495 e. The Bertz CT molecular complexity index is 97.0. The van der Waals surface area contributed by atoms with Gasteiger partial charge in [-0.3, -0.25) is 0 Å². The summed E-state index contributed by atoms with van der Waals surface area (Å²) in [5, 5.41) is 0. The lowest BCUT2D eigenvalue weighted by Gasteiger charge is -2.32. The molecule has 0 amide bonds. The van der Waals surface area contributed by atoms with Gasteiger partial charge >= 0.3 is 0 Å². The highest BCUT2D eigenvalue weighted by molar-refractivity contribution is 4.75. The lowest BCUT2D eigenvalue weighted by atomic mass is 9.76. The van der Waals surface area contributed by atoms with Crippen LogP contribution in [-0.4, -0.2) is 13.7 Å². The van der Waals surface area contributed by atoms with Crippen LogP contribution in [0.3, 0.4) is 0 Å². The van der Waals surface area contributed by atoms with Gasteiger partial charge in [0.05, 0.1) is 0 Å². The molecule has 0 aliphatic rings. The summed E-state index contributed by atoms with van der Waals surface area (Å²) in [6.45, 7) is 10.0. The van der Waals surface area contributed by atoms with Gasteiger partial charge in [0.1, 0.15) is 0 Å². The van der Waals surface area contributed by atoms with Crippen LogP contribution in [0.2, 0.25) is 0 Å². The second-order valence-corrected chi connectivity index (χ2v) is 3.90. The Morgan fingerprint density at radius 3 is 2.09 bits per heavy atom. The third-order valence-corrected chi connectivity index (χ3v) is 2.88. The van der Waals surface area contributed by atoms with E-state index in [0.29, 0.717) is 11.3 Å². The standard InChI is InChI=1S/C10H22O/c1-6-9(8-11-5)10(3,4)7-2/h9H,6-8H2,1-5H3/t9-/m0/s1. The third-order valence-electron chi connectivity index (χ3n) is 2.88. The zero-order chi connectivity index (χ0) is 8.91. The van der Waals surface area contributed by atoms with Gasteiger partial charge in [0.15, 0.2) is 0 Å². The molecule has 0 radical (unpaired) electrons. The lowest BCUT2D eigenvalue weighted by molar-refractivity contribution is 0.0753. The summed E-state index contributed by atoms with van der Waals surface area (Å²) in [4.78, 5) is 0. The van der Waals surface area contributed by atoms with Crippen LogP contribution in [0.25, 0.3) is 0 Å². The average Bonchev–Trinajstić information content (AvgIpc) is 2.00. The first-order valence-corrected chi connectivity index (χ1v) is 4.57. The molecule has 0 aliphatic heterocycles. The SMILES string of the molecule is CC[C@@H](COC)C(C)(C)CC. The minimum absolute atomic E-state index is 0.435. The fraction of sp³-hybridized carbons (Fsp3) is 1.00. The zero-order valence-electron chi connectivity index (χ0n) is 8.61. The van der Waals surface area contributed by atoms with Gasteiger partial charge in [-0.05, 0) is 11.3 Å². The Balaban J connectivity index is 3.99. The number of hydrogen-bond acceptors (Lipinski definition) is 1.